The number of hydrogen-bond acceptors (Lipinski definition) is 7. The molecule has 2 aliphatic rings. The van der Waals surface area contributed by atoms with Crippen LogP contribution in [-0.2, 0) is 0 Å². The second-order valence-electron chi connectivity index (χ2n) is 7.60. The first-order valence-corrected chi connectivity index (χ1v) is 9.45. The third-order valence-electron chi connectivity index (χ3n) is 5.24. The van der Waals surface area contributed by atoms with Crippen molar-refractivity contribution >= 4 is 17.0 Å². The average Bonchev–Trinajstić information content (AvgIpc) is 3.21. The summed E-state index contributed by atoms with van der Waals surface area (Å²) in [6, 6.07) is 5.20. The summed E-state index contributed by atoms with van der Waals surface area (Å²) in [4.78, 5) is 13.4. The van der Waals surface area contributed by atoms with Crippen LogP contribution in [0, 0.1) is 0 Å². The topological polar surface area (TPSA) is 76.4 Å². The molecule has 0 N–H and O–H groups in total. The second kappa shape index (κ2) is 6.45. The number of ether oxygens (including phenoxy) is 5. The molecule has 0 radical (unpaired) electrons. The Bertz CT molecular complexity index is 1270. The molecule has 0 unspecified atom stereocenters. The van der Waals surface area contributed by atoms with Crippen molar-refractivity contribution in [3.63, 3.8) is 0 Å². The lowest BCUT2D eigenvalue weighted by molar-refractivity contribution is 0.159. The fraction of sp³-hybridized carbons (Fsp3) is 0.261. The van der Waals surface area contributed by atoms with Crippen LogP contribution in [0.1, 0.15) is 19.4 Å². The molecule has 5 rings (SSSR count). The Morgan fingerprint density at radius 2 is 1.83 bits per heavy atom. The van der Waals surface area contributed by atoms with Gasteiger partial charge in [-0.15, -0.1) is 0 Å². The highest BCUT2D eigenvalue weighted by molar-refractivity contribution is 5.92. The van der Waals surface area contributed by atoms with Crippen LogP contribution in [0.3, 0.4) is 0 Å². The van der Waals surface area contributed by atoms with Crippen LogP contribution in [0.15, 0.2) is 39.7 Å². The van der Waals surface area contributed by atoms with Gasteiger partial charge in [0.05, 0.1) is 30.7 Å². The molecule has 0 aliphatic carbocycles. The molecular weight excluding hydrogens is 388 g/mol. The molecule has 7 nitrogen and oxygen atoms in total. The summed E-state index contributed by atoms with van der Waals surface area (Å²) in [6.07, 6.45) is 5.29. The first-order chi connectivity index (χ1) is 14.4. The lowest BCUT2D eigenvalue weighted by Gasteiger charge is -2.27. The summed E-state index contributed by atoms with van der Waals surface area (Å²) in [5.74, 6) is 2.35. The Kier molecular flexibility index (Phi) is 3.96. The zero-order valence-electron chi connectivity index (χ0n) is 17.0. The maximum absolute atomic E-state index is 13.4. The number of methoxy groups -OCH3 is 2. The van der Waals surface area contributed by atoms with Crippen LogP contribution in [0.2, 0.25) is 0 Å². The van der Waals surface area contributed by atoms with Gasteiger partial charge in [0.2, 0.25) is 23.7 Å². The molecule has 7 heteroatoms. The molecule has 30 heavy (non-hydrogen) atoms. The highest BCUT2D eigenvalue weighted by atomic mass is 16.7. The molecule has 0 fully saturated rings. The van der Waals surface area contributed by atoms with Crippen LogP contribution < -0.4 is 29.1 Å². The Balaban J connectivity index is 1.74. The standard InChI is InChI=1S/C23H20O7/c1-23(2)8-7-12-16(30-23)6-5-13-18(24)15(10-27-19(12)13)14-9-17(25-3)21-22(20(14)26-4)29-11-28-21/h5-10H,11H2,1-4H3. The van der Waals surface area contributed by atoms with Gasteiger partial charge in [-0.3, -0.25) is 4.79 Å². The summed E-state index contributed by atoms with van der Waals surface area (Å²) in [5.41, 5.74) is 1.43. The van der Waals surface area contributed by atoms with Crippen molar-refractivity contribution in [2.45, 2.75) is 19.4 Å². The van der Waals surface area contributed by atoms with E-state index in [1.165, 1.54) is 20.5 Å². The third kappa shape index (κ3) is 2.62. The van der Waals surface area contributed by atoms with E-state index in [0.717, 1.165) is 5.56 Å². The number of rotatable bonds is 3. The zero-order valence-corrected chi connectivity index (χ0v) is 17.0. The van der Waals surface area contributed by atoms with E-state index in [0.29, 0.717) is 50.8 Å². The van der Waals surface area contributed by atoms with E-state index in [1.807, 2.05) is 26.0 Å². The molecule has 0 saturated heterocycles. The summed E-state index contributed by atoms with van der Waals surface area (Å²) in [7, 11) is 3.03. The van der Waals surface area contributed by atoms with E-state index in [-0.39, 0.29) is 12.2 Å². The minimum atomic E-state index is -0.419. The Hall–Kier alpha value is -3.61. The van der Waals surface area contributed by atoms with Gasteiger partial charge in [0.25, 0.3) is 0 Å². The summed E-state index contributed by atoms with van der Waals surface area (Å²) in [6.45, 7) is 3.98. The van der Waals surface area contributed by atoms with E-state index in [2.05, 4.69) is 0 Å². The molecule has 0 saturated carbocycles. The first kappa shape index (κ1) is 18.4. The minimum absolute atomic E-state index is 0.0483. The van der Waals surface area contributed by atoms with Gasteiger partial charge in [-0.25, -0.2) is 0 Å². The van der Waals surface area contributed by atoms with Gasteiger partial charge in [-0.1, -0.05) is 0 Å². The largest absolute Gasteiger partial charge is 0.493 e. The molecule has 0 spiro atoms. The summed E-state index contributed by atoms with van der Waals surface area (Å²) < 4.78 is 33.9. The van der Waals surface area contributed by atoms with Crippen molar-refractivity contribution < 1.29 is 28.1 Å². The van der Waals surface area contributed by atoms with E-state index in [1.54, 1.807) is 18.2 Å². The van der Waals surface area contributed by atoms with Crippen molar-refractivity contribution in [1.29, 1.82) is 0 Å². The lowest BCUT2D eigenvalue weighted by Crippen LogP contribution is -2.27. The molecular formula is C23H20O7. The van der Waals surface area contributed by atoms with Crippen LogP contribution in [0.5, 0.6) is 28.7 Å². The van der Waals surface area contributed by atoms with Gasteiger partial charge in [0.15, 0.2) is 11.5 Å². The third-order valence-corrected chi connectivity index (χ3v) is 5.24. The summed E-state index contributed by atoms with van der Waals surface area (Å²) >= 11 is 0. The fourth-order valence-corrected chi connectivity index (χ4v) is 3.81. The average molecular weight is 408 g/mol. The quantitative estimate of drug-likeness (QED) is 0.636. The summed E-state index contributed by atoms with van der Waals surface area (Å²) in [5, 5.41) is 0.442. The van der Waals surface area contributed by atoms with Crippen LogP contribution >= 0.6 is 0 Å². The minimum Gasteiger partial charge on any atom is -0.493 e. The Morgan fingerprint density at radius 3 is 2.60 bits per heavy atom. The number of fused-ring (bicyclic) bond motifs is 4. The van der Waals surface area contributed by atoms with Gasteiger partial charge >= 0.3 is 0 Å². The van der Waals surface area contributed by atoms with Gasteiger partial charge in [0, 0.05) is 5.56 Å². The maximum Gasteiger partial charge on any atom is 0.231 e. The van der Waals surface area contributed by atoms with Crippen molar-refractivity contribution in [2.24, 2.45) is 0 Å². The molecule has 0 atom stereocenters. The lowest BCUT2D eigenvalue weighted by atomic mass is 9.98. The highest BCUT2D eigenvalue weighted by Gasteiger charge is 2.30. The molecule has 0 amide bonds. The Labute approximate surface area is 172 Å². The predicted molar refractivity (Wildman–Crippen MR) is 111 cm³/mol. The first-order valence-electron chi connectivity index (χ1n) is 9.45. The highest BCUT2D eigenvalue weighted by Crippen LogP contribution is 2.52. The van der Waals surface area contributed by atoms with E-state index in [9.17, 15) is 4.79 Å². The van der Waals surface area contributed by atoms with Crippen LogP contribution in [0.25, 0.3) is 28.2 Å². The van der Waals surface area contributed by atoms with Crippen molar-refractivity contribution in [1.82, 2.24) is 0 Å². The maximum atomic E-state index is 13.4. The van der Waals surface area contributed by atoms with E-state index in [4.69, 9.17) is 28.1 Å². The molecule has 3 aromatic rings. The molecule has 154 valence electrons. The van der Waals surface area contributed by atoms with Crippen molar-refractivity contribution in [3.8, 4) is 39.9 Å². The second-order valence-corrected chi connectivity index (χ2v) is 7.60. The smallest absolute Gasteiger partial charge is 0.231 e. The van der Waals surface area contributed by atoms with Gasteiger partial charge < -0.3 is 28.1 Å². The van der Waals surface area contributed by atoms with Gasteiger partial charge in [-0.2, -0.15) is 0 Å². The van der Waals surface area contributed by atoms with E-state index >= 15 is 0 Å². The van der Waals surface area contributed by atoms with Crippen molar-refractivity contribution in [2.75, 3.05) is 21.0 Å². The zero-order chi connectivity index (χ0) is 21.0. The number of benzene rings is 2. The van der Waals surface area contributed by atoms with Crippen LogP contribution in [0.4, 0.5) is 0 Å². The monoisotopic (exact) mass is 408 g/mol. The molecule has 0 bridgehead atoms. The van der Waals surface area contributed by atoms with E-state index < -0.39 is 5.60 Å². The van der Waals surface area contributed by atoms with Crippen molar-refractivity contribution in [3.05, 3.63) is 46.3 Å². The Morgan fingerprint density at radius 1 is 1.03 bits per heavy atom. The van der Waals surface area contributed by atoms with Crippen LogP contribution in [-0.4, -0.2) is 26.6 Å². The molecule has 1 aromatic heterocycles. The SMILES string of the molecule is COc1cc(-c2coc3c4c(ccc3c2=O)OC(C)(C)C=C4)c(OC)c2c1OCO2. The normalized spacial score (nSPS) is 15.6. The number of hydrogen-bond donors (Lipinski definition) is 0. The molecule has 2 aliphatic heterocycles. The molecule has 3 heterocycles. The predicted octanol–water partition coefficient (Wildman–Crippen LogP) is 4.39. The van der Waals surface area contributed by atoms with Gasteiger partial charge in [0.1, 0.15) is 23.2 Å². The van der Waals surface area contributed by atoms with Gasteiger partial charge in [-0.05, 0) is 44.2 Å². The molecule has 2 aromatic carbocycles. The fourth-order valence-electron chi connectivity index (χ4n) is 3.81.